The van der Waals surface area contributed by atoms with Gasteiger partial charge in [-0.3, -0.25) is 4.79 Å². The highest BCUT2D eigenvalue weighted by molar-refractivity contribution is 7.14. The van der Waals surface area contributed by atoms with Crippen LogP contribution < -0.4 is 15.8 Å². The van der Waals surface area contributed by atoms with Gasteiger partial charge in [0.1, 0.15) is 5.75 Å². The topological polar surface area (TPSA) is 64.3 Å². The van der Waals surface area contributed by atoms with Gasteiger partial charge in [-0.1, -0.05) is 12.1 Å². The van der Waals surface area contributed by atoms with Gasteiger partial charge in [0.15, 0.2) is 0 Å². The summed E-state index contributed by atoms with van der Waals surface area (Å²) in [7, 11) is 1.65. The molecule has 0 aliphatic heterocycles. The van der Waals surface area contributed by atoms with E-state index in [0.29, 0.717) is 11.4 Å². The van der Waals surface area contributed by atoms with Crippen LogP contribution in [0.4, 0.5) is 0 Å². The standard InChI is InChI=1S/C17H22N2O2S.ClH/c1-11-14(12-5-7-13(21-4)8-6-12)9-15(22-11)16(20)19-10-17(2,3)18;/h5-9H,10,18H2,1-4H3,(H,19,20);1H. The monoisotopic (exact) mass is 354 g/mol. The third-order valence-corrected chi connectivity index (χ3v) is 4.30. The number of hydrogen-bond donors (Lipinski definition) is 2. The van der Waals surface area contributed by atoms with Crippen LogP contribution in [0.3, 0.4) is 0 Å². The molecule has 0 spiro atoms. The van der Waals surface area contributed by atoms with E-state index in [9.17, 15) is 4.79 Å². The summed E-state index contributed by atoms with van der Waals surface area (Å²) < 4.78 is 5.17. The maximum atomic E-state index is 12.2. The summed E-state index contributed by atoms with van der Waals surface area (Å²) in [5, 5.41) is 2.88. The lowest BCUT2D eigenvalue weighted by atomic mass is 10.1. The van der Waals surface area contributed by atoms with Crippen LogP contribution in [0.15, 0.2) is 30.3 Å². The average Bonchev–Trinajstić information content (AvgIpc) is 2.86. The minimum absolute atomic E-state index is 0. The molecule has 0 unspecified atom stereocenters. The van der Waals surface area contributed by atoms with Crippen LogP contribution >= 0.6 is 23.7 Å². The van der Waals surface area contributed by atoms with E-state index in [-0.39, 0.29) is 18.3 Å². The zero-order chi connectivity index (χ0) is 16.3. The predicted molar refractivity (Wildman–Crippen MR) is 98.9 cm³/mol. The number of ether oxygens (including phenoxy) is 1. The van der Waals surface area contributed by atoms with Gasteiger partial charge < -0.3 is 15.8 Å². The quantitative estimate of drug-likeness (QED) is 0.861. The largest absolute Gasteiger partial charge is 0.497 e. The van der Waals surface area contributed by atoms with E-state index in [2.05, 4.69) is 5.32 Å². The number of nitrogens with two attached hydrogens (primary N) is 1. The molecule has 126 valence electrons. The molecule has 0 aliphatic rings. The van der Waals surface area contributed by atoms with Crippen molar-refractivity contribution in [2.45, 2.75) is 26.3 Å². The molecule has 1 aromatic heterocycles. The SMILES string of the molecule is COc1ccc(-c2cc(C(=O)NCC(C)(C)N)sc2C)cc1.Cl. The van der Waals surface area contributed by atoms with Crippen molar-refractivity contribution in [2.75, 3.05) is 13.7 Å². The highest BCUT2D eigenvalue weighted by atomic mass is 35.5. The number of carbonyl (C=O) groups excluding carboxylic acids is 1. The molecule has 2 aromatic rings. The van der Waals surface area contributed by atoms with Gasteiger partial charge in [-0.25, -0.2) is 0 Å². The van der Waals surface area contributed by atoms with E-state index in [1.54, 1.807) is 7.11 Å². The summed E-state index contributed by atoms with van der Waals surface area (Å²) in [6.07, 6.45) is 0. The fourth-order valence-electron chi connectivity index (χ4n) is 2.05. The predicted octanol–water partition coefficient (Wildman–Crippen LogP) is 3.62. The fraction of sp³-hybridized carbons (Fsp3) is 0.353. The minimum atomic E-state index is -0.416. The van der Waals surface area contributed by atoms with Crippen molar-refractivity contribution in [3.8, 4) is 16.9 Å². The number of aryl methyl sites for hydroxylation is 1. The molecular formula is C17H23ClN2O2S. The van der Waals surface area contributed by atoms with Gasteiger partial charge in [0.05, 0.1) is 12.0 Å². The van der Waals surface area contributed by atoms with Crippen LogP contribution in [0.2, 0.25) is 0 Å². The van der Waals surface area contributed by atoms with E-state index in [1.807, 2.05) is 51.1 Å². The van der Waals surface area contributed by atoms with E-state index >= 15 is 0 Å². The van der Waals surface area contributed by atoms with E-state index < -0.39 is 5.54 Å². The molecule has 0 bridgehead atoms. The number of hydrogen-bond acceptors (Lipinski definition) is 4. The third kappa shape index (κ3) is 5.23. The second kappa shape index (κ2) is 7.81. The Morgan fingerprint density at radius 1 is 1.30 bits per heavy atom. The van der Waals surface area contributed by atoms with Crippen molar-refractivity contribution < 1.29 is 9.53 Å². The van der Waals surface area contributed by atoms with Crippen LogP contribution in [-0.4, -0.2) is 25.1 Å². The van der Waals surface area contributed by atoms with Crippen LogP contribution in [0.5, 0.6) is 5.75 Å². The van der Waals surface area contributed by atoms with Crippen molar-refractivity contribution >= 4 is 29.7 Å². The smallest absolute Gasteiger partial charge is 0.261 e. The lowest BCUT2D eigenvalue weighted by Gasteiger charge is -2.18. The Balaban J connectivity index is 0.00000264. The Hall–Kier alpha value is -1.56. The zero-order valence-electron chi connectivity index (χ0n) is 13.8. The molecule has 0 fully saturated rings. The van der Waals surface area contributed by atoms with Gasteiger partial charge in [-0.05, 0) is 50.1 Å². The molecule has 1 aromatic carbocycles. The Morgan fingerprint density at radius 3 is 2.43 bits per heavy atom. The summed E-state index contributed by atoms with van der Waals surface area (Å²) in [4.78, 5) is 14.0. The fourth-order valence-corrected chi connectivity index (χ4v) is 3.00. The van der Waals surface area contributed by atoms with E-state index in [1.165, 1.54) is 11.3 Å². The van der Waals surface area contributed by atoms with Crippen molar-refractivity contribution in [3.05, 3.63) is 40.1 Å². The van der Waals surface area contributed by atoms with E-state index in [4.69, 9.17) is 10.5 Å². The number of benzene rings is 1. The first-order chi connectivity index (χ1) is 10.3. The van der Waals surface area contributed by atoms with Crippen LogP contribution in [0, 0.1) is 6.92 Å². The van der Waals surface area contributed by atoms with Gasteiger partial charge in [-0.15, -0.1) is 23.7 Å². The Kier molecular flexibility index (Phi) is 6.62. The molecule has 6 heteroatoms. The summed E-state index contributed by atoms with van der Waals surface area (Å²) in [6.45, 7) is 6.24. The molecule has 1 amide bonds. The first-order valence-corrected chi connectivity index (χ1v) is 7.94. The highest BCUT2D eigenvalue weighted by Crippen LogP contribution is 2.32. The molecule has 0 saturated carbocycles. The summed E-state index contributed by atoms with van der Waals surface area (Å²) in [6, 6.07) is 9.77. The summed E-state index contributed by atoms with van der Waals surface area (Å²) in [5.41, 5.74) is 7.63. The molecule has 3 N–H and O–H groups in total. The lowest BCUT2D eigenvalue weighted by Crippen LogP contribution is -2.44. The van der Waals surface area contributed by atoms with E-state index in [0.717, 1.165) is 21.8 Å². The molecule has 4 nitrogen and oxygen atoms in total. The molecule has 0 atom stereocenters. The number of carbonyl (C=O) groups is 1. The number of amides is 1. The Labute approximate surface area is 147 Å². The Bertz CT molecular complexity index is 660. The normalized spacial score (nSPS) is 10.8. The van der Waals surface area contributed by atoms with Crippen molar-refractivity contribution in [3.63, 3.8) is 0 Å². The van der Waals surface area contributed by atoms with Crippen LogP contribution in [0.1, 0.15) is 28.4 Å². The maximum Gasteiger partial charge on any atom is 0.261 e. The van der Waals surface area contributed by atoms with Gasteiger partial charge >= 0.3 is 0 Å². The molecule has 0 aliphatic carbocycles. The molecule has 1 heterocycles. The molecular weight excluding hydrogens is 332 g/mol. The number of halogens is 1. The summed E-state index contributed by atoms with van der Waals surface area (Å²) >= 11 is 1.49. The Morgan fingerprint density at radius 2 is 1.91 bits per heavy atom. The second-order valence-electron chi connectivity index (χ2n) is 5.98. The van der Waals surface area contributed by atoms with Gasteiger partial charge in [0, 0.05) is 17.0 Å². The lowest BCUT2D eigenvalue weighted by molar-refractivity contribution is 0.0950. The molecule has 2 rings (SSSR count). The highest BCUT2D eigenvalue weighted by Gasteiger charge is 2.16. The number of methoxy groups -OCH3 is 1. The van der Waals surface area contributed by atoms with Crippen molar-refractivity contribution in [2.24, 2.45) is 5.73 Å². The minimum Gasteiger partial charge on any atom is -0.497 e. The maximum absolute atomic E-state index is 12.2. The van der Waals surface area contributed by atoms with Crippen molar-refractivity contribution in [1.82, 2.24) is 5.32 Å². The number of thiophene rings is 1. The first-order valence-electron chi connectivity index (χ1n) is 7.12. The average molecular weight is 355 g/mol. The first kappa shape index (κ1) is 19.5. The molecule has 0 saturated heterocycles. The summed E-state index contributed by atoms with van der Waals surface area (Å²) in [5.74, 6) is 0.742. The zero-order valence-corrected chi connectivity index (χ0v) is 15.4. The van der Waals surface area contributed by atoms with Gasteiger partial charge in [0.2, 0.25) is 0 Å². The number of nitrogens with one attached hydrogen (secondary N) is 1. The van der Waals surface area contributed by atoms with Crippen LogP contribution in [0.25, 0.3) is 11.1 Å². The molecule has 0 radical (unpaired) electrons. The third-order valence-electron chi connectivity index (χ3n) is 3.25. The van der Waals surface area contributed by atoms with Crippen LogP contribution in [-0.2, 0) is 0 Å². The molecule has 23 heavy (non-hydrogen) atoms. The van der Waals surface area contributed by atoms with Gasteiger partial charge in [0.25, 0.3) is 5.91 Å². The van der Waals surface area contributed by atoms with Gasteiger partial charge in [-0.2, -0.15) is 0 Å². The van der Waals surface area contributed by atoms with Crippen molar-refractivity contribution in [1.29, 1.82) is 0 Å². The second-order valence-corrected chi connectivity index (χ2v) is 7.24. The number of rotatable bonds is 5.